The second kappa shape index (κ2) is 3.09. The van der Waals surface area contributed by atoms with Gasteiger partial charge in [0.05, 0.1) is 0 Å². The maximum Gasteiger partial charge on any atom is 0.0490 e. The summed E-state index contributed by atoms with van der Waals surface area (Å²) in [4.78, 5) is 0. The van der Waals surface area contributed by atoms with E-state index < -0.39 is 0 Å². The van der Waals surface area contributed by atoms with Crippen LogP contribution in [0.25, 0.3) is 0 Å². The number of hydrogen-bond donors (Lipinski definition) is 2. The van der Waals surface area contributed by atoms with Crippen molar-refractivity contribution in [1.29, 1.82) is 0 Å². The van der Waals surface area contributed by atoms with Crippen LogP contribution in [0, 0.1) is 5.41 Å². The van der Waals surface area contributed by atoms with Gasteiger partial charge in [-0.2, -0.15) is 5.10 Å². The first-order valence-electron chi connectivity index (χ1n) is 5.58. The second-order valence-electron chi connectivity index (χ2n) is 4.92. The predicted octanol–water partition coefficient (Wildman–Crippen LogP) is 1.83. The number of rotatable bonds is 3. The van der Waals surface area contributed by atoms with Crippen molar-refractivity contribution in [3.05, 3.63) is 18.0 Å². The lowest BCUT2D eigenvalue weighted by Gasteiger charge is -2.54. The number of hydrogen-bond acceptors (Lipinski definition) is 2. The fourth-order valence-corrected chi connectivity index (χ4v) is 2.85. The third kappa shape index (κ3) is 1.36. The van der Waals surface area contributed by atoms with Crippen LogP contribution in [0.2, 0.25) is 0 Å². The monoisotopic (exact) mass is 191 g/mol. The highest BCUT2D eigenvalue weighted by atomic mass is 15.1. The largest absolute Gasteiger partial charge is 0.308 e. The summed E-state index contributed by atoms with van der Waals surface area (Å²) in [6, 6.07) is 2.80. The SMILES string of the molecule is c1cc(CNC2CC3(CCC3)C2)[nH]n1. The van der Waals surface area contributed by atoms with Crippen LogP contribution in [0.3, 0.4) is 0 Å². The van der Waals surface area contributed by atoms with Crippen molar-refractivity contribution < 1.29 is 0 Å². The Labute approximate surface area is 84.3 Å². The molecule has 0 unspecified atom stereocenters. The fourth-order valence-electron chi connectivity index (χ4n) is 2.85. The smallest absolute Gasteiger partial charge is 0.0490 e. The van der Waals surface area contributed by atoms with Crippen LogP contribution < -0.4 is 5.32 Å². The maximum atomic E-state index is 3.93. The summed E-state index contributed by atoms with van der Waals surface area (Å²) in [5.74, 6) is 0. The minimum Gasteiger partial charge on any atom is -0.308 e. The summed E-state index contributed by atoms with van der Waals surface area (Å²) in [5, 5.41) is 10.5. The Hall–Kier alpha value is -0.830. The minimum atomic E-state index is 0.763. The molecule has 0 bridgehead atoms. The minimum absolute atomic E-state index is 0.763. The molecule has 1 aromatic heterocycles. The zero-order valence-corrected chi connectivity index (χ0v) is 8.42. The highest BCUT2D eigenvalue weighted by molar-refractivity contribution is 5.04. The number of nitrogens with zero attached hydrogens (tertiary/aromatic N) is 1. The molecule has 3 nitrogen and oxygen atoms in total. The average molecular weight is 191 g/mol. The highest BCUT2D eigenvalue weighted by Crippen LogP contribution is 2.55. The lowest BCUT2D eigenvalue weighted by Crippen LogP contribution is -2.51. The third-order valence-electron chi connectivity index (χ3n) is 3.91. The maximum absolute atomic E-state index is 3.93. The van der Waals surface area contributed by atoms with E-state index in [1.54, 1.807) is 0 Å². The Morgan fingerprint density at radius 1 is 1.50 bits per heavy atom. The van der Waals surface area contributed by atoms with E-state index in [0.29, 0.717) is 0 Å². The van der Waals surface area contributed by atoms with Gasteiger partial charge in [-0.3, -0.25) is 5.10 Å². The molecular weight excluding hydrogens is 174 g/mol. The Morgan fingerprint density at radius 3 is 2.93 bits per heavy atom. The molecule has 0 atom stereocenters. The van der Waals surface area contributed by atoms with E-state index in [-0.39, 0.29) is 0 Å². The quantitative estimate of drug-likeness (QED) is 0.765. The van der Waals surface area contributed by atoms with Crippen molar-refractivity contribution in [1.82, 2.24) is 15.5 Å². The Balaban J connectivity index is 1.43. The summed E-state index contributed by atoms with van der Waals surface area (Å²) in [6.45, 7) is 0.945. The van der Waals surface area contributed by atoms with Crippen molar-refractivity contribution in [3.63, 3.8) is 0 Å². The summed E-state index contributed by atoms with van der Waals surface area (Å²) in [6.07, 6.45) is 9.05. The van der Waals surface area contributed by atoms with Gasteiger partial charge in [0.15, 0.2) is 0 Å². The normalized spacial score (nSPS) is 24.6. The van der Waals surface area contributed by atoms with E-state index in [1.807, 2.05) is 12.3 Å². The van der Waals surface area contributed by atoms with Crippen LogP contribution in [-0.2, 0) is 6.54 Å². The first kappa shape index (κ1) is 8.48. The van der Waals surface area contributed by atoms with E-state index in [1.165, 1.54) is 37.8 Å². The topological polar surface area (TPSA) is 40.7 Å². The molecule has 0 amide bonds. The van der Waals surface area contributed by atoms with Gasteiger partial charge in [0, 0.05) is 24.5 Å². The summed E-state index contributed by atoms with van der Waals surface area (Å²) in [7, 11) is 0. The van der Waals surface area contributed by atoms with Crippen molar-refractivity contribution >= 4 is 0 Å². The molecule has 0 radical (unpaired) electrons. The van der Waals surface area contributed by atoms with Crippen LogP contribution >= 0.6 is 0 Å². The molecule has 1 spiro atoms. The summed E-state index contributed by atoms with van der Waals surface area (Å²) in [5.41, 5.74) is 1.98. The van der Waals surface area contributed by atoms with E-state index >= 15 is 0 Å². The number of aromatic amines is 1. The van der Waals surface area contributed by atoms with Crippen LogP contribution in [0.15, 0.2) is 12.3 Å². The van der Waals surface area contributed by atoms with Crippen LogP contribution in [0.1, 0.15) is 37.8 Å². The molecule has 1 heterocycles. The van der Waals surface area contributed by atoms with E-state index in [4.69, 9.17) is 0 Å². The van der Waals surface area contributed by atoms with Gasteiger partial charge < -0.3 is 5.32 Å². The first-order valence-corrected chi connectivity index (χ1v) is 5.58. The molecule has 2 fully saturated rings. The molecule has 2 aliphatic carbocycles. The van der Waals surface area contributed by atoms with Crippen LogP contribution in [-0.4, -0.2) is 16.2 Å². The Bertz CT molecular complexity index is 292. The average Bonchev–Trinajstić information content (AvgIpc) is 2.50. The molecule has 14 heavy (non-hydrogen) atoms. The predicted molar refractivity (Wildman–Crippen MR) is 54.7 cm³/mol. The number of nitrogens with one attached hydrogen (secondary N) is 2. The molecule has 0 aromatic carbocycles. The molecule has 2 aliphatic rings. The highest BCUT2D eigenvalue weighted by Gasteiger charge is 2.47. The summed E-state index contributed by atoms with van der Waals surface area (Å²) >= 11 is 0. The van der Waals surface area contributed by atoms with E-state index in [9.17, 15) is 0 Å². The van der Waals surface area contributed by atoms with Crippen LogP contribution in [0.5, 0.6) is 0 Å². The molecule has 3 heteroatoms. The molecule has 0 aliphatic heterocycles. The van der Waals surface area contributed by atoms with Crippen molar-refractivity contribution in [3.8, 4) is 0 Å². The molecule has 76 valence electrons. The van der Waals surface area contributed by atoms with Gasteiger partial charge in [-0.1, -0.05) is 6.42 Å². The Kier molecular flexibility index (Phi) is 1.87. The lowest BCUT2D eigenvalue weighted by atomic mass is 9.54. The lowest BCUT2D eigenvalue weighted by molar-refractivity contribution is -0.00274. The Morgan fingerprint density at radius 2 is 2.36 bits per heavy atom. The second-order valence-corrected chi connectivity index (χ2v) is 4.92. The van der Waals surface area contributed by atoms with Gasteiger partial charge in [-0.15, -0.1) is 0 Å². The van der Waals surface area contributed by atoms with Crippen LogP contribution in [0.4, 0.5) is 0 Å². The molecule has 2 N–H and O–H groups in total. The van der Waals surface area contributed by atoms with Gasteiger partial charge in [-0.05, 0) is 37.2 Å². The molecule has 2 saturated carbocycles. The van der Waals surface area contributed by atoms with Gasteiger partial charge in [0.25, 0.3) is 0 Å². The molecular formula is C11H17N3. The fraction of sp³-hybridized carbons (Fsp3) is 0.727. The van der Waals surface area contributed by atoms with Crippen molar-refractivity contribution in [2.24, 2.45) is 5.41 Å². The molecule has 0 saturated heterocycles. The molecule has 1 aromatic rings. The van der Waals surface area contributed by atoms with Crippen molar-refractivity contribution in [2.45, 2.75) is 44.7 Å². The van der Waals surface area contributed by atoms with Gasteiger partial charge >= 0.3 is 0 Å². The zero-order chi connectivity index (χ0) is 9.43. The van der Waals surface area contributed by atoms with E-state index in [2.05, 4.69) is 15.5 Å². The standard InChI is InChI=1S/C11H17N3/c1-3-11(4-1)6-10(7-11)12-8-9-2-5-13-14-9/h2,5,10,12H,1,3-4,6-8H2,(H,13,14). The number of H-pyrrole nitrogens is 1. The van der Waals surface area contributed by atoms with Gasteiger partial charge in [0.2, 0.25) is 0 Å². The first-order chi connectivity index (χ1) is 6.86. The third-order valence-corrected chi connectivity index (χ3v) is 3.91. The van der Waals surface area contributed by atoms with Gasteiger partial charge in [-0.25, -0.2) is 0 Å². The van der Waals surface area contributed by atoms with E-state index in [0.717, 1.165) is 18.0 Å². The number of aromatic nitrogens is 2. The van der Waals surface area contributed by atoms with Crippen molar-refractivity contribution in [2.75, 3.05) is 0 Å². The zero-order valence-electron chi connectivity index (χ0n) is 8.42. The van der Waals surface area contributed by atoms with Gasteiger partial charge in [0.1, 0.15) is 0 Å². The summed E-state index contributed by atoms with van der Waals surface area (Å²) < 4.78 is 0. The molecule has 3 rings (SSSR count).